The average molecular weight is 467 g/mol. The van der Waals surface area contributed by atoms with Crippen LogP contribution in [0.25, 0.3) is 11.3 Å². The molecule has 2 aliphatic rings. The van der Waals surface area contributed by atoms with Crippen LogP contribution in [0.3, 0.4) is 0 Å². The Morgan fingerprint density at radius 3 is 2.48 bits per heavy atom. The SMILES string of the molecule is Cc1cccnc1N1CCN(c2cc(-c3ccc(F)c(Cl)c3)nc(N3CCCC3C)n2)CC1. The Morgan fingerprint density at radius 2 is 1.79 bits per heavy atom. The first-order valence-electron chi connectivity index (χ1n) is 11.5. The molecule has 2 aliphatic heterocycles. The van der Waals surface area contributed by atoms with Crippen molar-refractivity contribution in [3.8, 4) is 11.3 Å². The van der Waals surface area contributed by atoms with E-state index in [4.69, 9.17) is 21.6 Å². The van der Waals surface area contributed by atoms with Gasteiger partial charge in [0.25, 0.3) is 0 Å². The van der Waals surface area contributed by atoms with Gasteiger partial charge in [0.1, 0.15) is 17.5 Å². The summed E-state index contributed by atoms with van der Waals surface area (Å²) in [7, 11) is 0. The van der Waals surface area contributed by atoms with E-state index in [1.54, 1.807) is 12.1 Å². The third-order valence-corrected chi connectivity index (χ3v) is 6.90. The quantitative estimate of drug-likeness (QED) is 0.542. The third-order valence-electron chi connectivity index (χ3n) is 6.61. The molecule has 0 spiro atoms. The van der Waals surface area contributed by atoms with Crippen molar-refractivity contribution in [1.29, 1.82) is 0 Å². The summed E-state index contributed by atoms with van der Waals surface area (Å²) in [6.45, 7) is 8.68. The Kier molecular flexibility index (Phi) is 6.06. The Balaban J connectivity index is 1.45. The van der Waals surface area contributed by atoms with E-state index in [1.807, 2.05) is 18.3 Å². The van der Waals surface area contributed by atoms with Gasteiger partial charge in [-0.25, -0.2) is 14.4 Å². The molecule has 8 heteroatoms. The molecule has 1 aromatic carbocycles. The lowest BCUT2D eigenvalue weighted by atomic mass is 10.1. The molecule has 1 atom stereocenters. The molecule has 33 heavy (non-hydrogen) atoms. The van der Waals surface area contributed by atoms with Gasteiger partial charge in [0.2, 0.25) is 5.95 Å². The van der Waals surface area contributed by atoms with Crippen molar-refractivity contribution in [2.45, 2.75) is 32.7 Å². The number of benzene rings is 1. The van der Waals surface area contributed by atoms with Crippen molar-refractivity contribution >= 4 is 29.2 Å². The summed E-state index contributed by atoms with van der Waals surface area (Å²) >= 11 is 6.08. The minimum absolute atomic E-state index is 0.100. The standard InChI is InChI=1S/C25H28ClFN6/c1-17-5-3-9-28-24(17)32-13-11-31(12-14-32)23-16-22(19-7-8-21(27)20(26)15-19)29-25(30-23)33-10-4-6-18(33)2/h3,5,7-9,15-16,18H,4,6,10-14H2,1-2H3. The van der Waals surface area contributed by atoms with Crippen molar-refractivity contribution in [2.24, 2.45) is 0 Å². The first-order chi connectivity index (χ1) is 16.0. The summed E-state index contributed by atoms with van der Waals surface area (Å²) in [6, 6.07) is 11.2. The summed E-state index contributed by atoms with van der Waals surface area (Å²) in [5, 5.41) is 0.100. The maximum atomic E-state index is 13.8. The lowest BCUT2D eigenvalue weighted by Crippen LogP contribution is -2.47. The van der Waals surface area contributed by atoms with Crippen LogP contribution in [0.5, 0.6) is 0 Å². The van der Waals surface area contributed by atoms with Gasteiger partial charge in [-0.05, 0) is 56.5 Å². The number of aryl methyl sites for hydroxylation is 1. The highest BCUT2D eigenvalue weighted by atomic mass is 35.5. The number of hydrogen-bond donors (Lipinski definition) is 0. The first kappa shape index (κ1) is 21.9. The molecule has 4 heterocycles. The van der Waals surface area contributed by atoms with Gasteiger partial charge in [-0.1, -0.05) is 17.7 Å². The largest absolute Gasteiger partial charge is 0.353 e. The van der Waals surface area contributed by atoms with Gasteiger partial charge in [0.15, 0.2) is 0 Å². The van der Waals surface area contributed by atoms with Crippen LogP contribution in [0, 0.1) is 12.7 Å². The Morgan fingerprint density at radius 1 is 1.00 bits per heavy atom. The second-order valence-corrected chi connectivity index (χ2v) is 9.25. The average Bonchev–Trinajstić information content (AvgIpc) is 3.27. The lowest BCUT2D eigenvalue weighted by molar-refractivity contribution is 0.628. The van der Waals surface area contributed by atoms with Crippen LogP contribution in [0.1, 0.15) is 25.3 Å². The molecule has 3 aromatic rings. The molecule has 0 radical (unpaired) electrons. The maximum Gasteiger partial charge on any atom is 0.228 e. The molecule has 5 rings (SSSR count). The molecule has 172 valence electrons. The second kappa shape index (κ2) is 9.14. The first-order valence-corrected chi connectivity index (χ1v) is 11.9. The normalized spacial score (nSPS) is 18.8. The molecule has 1 unspecified atom stereocenters. The summed E-state index contributed by atoms with van der Waals surface area (Å²) in [5.41, 5.74) is 2.74. The Bertz CT molecular complexity index is 1150. The van der Waals surface area contributed by atoms with E-state index < -0.39 is 5.82 Å². The van der Waals surface area contributed by atoms with E-state index in [0.29, 0.717) is 6.04 Å². The van der Waals surface area contributed by atoms with Crippen molar-refractivity contribution in [2.75, 3.05) is 47.4 Å². The molecule has 0 bridgehead atoms. The topological polar surface area (TPSA) is 48.4 Å². The zero-order valence-electron chi connectivity index (χ0n) is 19.0. The number of halogens is 2. The van der Waals surface area contributed by atoms with Crippen LogP contribution < -0.4 is 14.7 Å². The smallest absolute Gasteiger partial charge is 0.228 e. The molecular weight excluding hydrogens is 439 g/mol. The number of pyridine rings is 1. The molecule has 0 saturated carbocycles. The Hall–Kier alpha value is -2.93. The molecule has 6 nitrogen and oxygen atoms in total. The van der Waals surface area contributed by atoms with Crippen molar-refractivity contribution < 1.29 is 4.39 Å². The van der Waals surface area contributed by atoms with Gasteiger partial charge in [-0.2, -0.15) is 4.98 Å². The van der Waals surface area contributed by atoms with E-state index in [0.717, 1.165) is 74.4 Å². The molecule has 2 fully saturated rings. The lowest BCUT2D eigenvalue weighted by Gasteiger charge is -2.37. The van der Waals surface area contributed by atoms with Gasteiger partial charge < -0.3 is 14.7 Å². The molecule has 0 aliphatic carbocycles. The second-order valence-electron chi connectivity index (χ2n) is 8.84. The van der Waals surface area contributed by atoms with Crippen LogP contribution >= 0.6 is 11.6 Å². The van der Waals surface area contributed by atoms with E-state index in [1.165, 1.54) is 11.6 Å². The van der Waals surface area contributed by atoms with E-state index >= 15 is 0 Å². The predicted molar refractivity (Wildman–Crippen MR) is 132 cm³/mol. The number of rotatable bonds is 4. The fraction of sp³-hybridized carbons (Fsp3) is 0.400. The van der Waals surface area contributed by atoms with Crippen molar-refractivity contribution in [3.05, 3.63) is 59.0 Å². The summed E-state index contributed by atoms with van der Waals surface area (Å²) in [6.07, 6.45) is 4.12. The highest BCUT2D eigenvalue weighted by Gasteiger charge is 2.26. The third kappa shape index (κ3) is 4.47. The fourth-order valence-electron chi connectivity index (χ4n) is 4.70. The van der Waals surface area contributed by atoms with Gasteiger partial charge in [0, 0.05) is 56.6 Å². The minimum atomic E-state index is -0.427. The highest BCUT2D eigenvalue weighted by molar-refractivity contribution is 6.31. The van der Waals surface area contributed by atoms with Crippen LogP contribution in [-0.2, 0) is 0 Å². The summed E-state index contributed by atoms with van der Waals surface area (Å²) < 4.78 is 13.8. The van der Waals surface area contributed by atoms with Crippen LogP contribution in [0.4, 0.5) is 22.0 Å². The van der Waals surface area contributed by atoms with Gasteiger partial charge >= 0.3 is 0 Å². The monoisotopic (exact) mass is 466 g/mol. The fourth-order valence-corrected chi connectivity index (χ4v) is 4.88. The highest BCUT2D eigenvalue weighted by Crippen LogP contribution is 2.31. The van der Waals surface area contributed by atoms with E-state index in [9.17, 15) is 4.39 Å². The minimum Gasteiger partial charge on any atom is -0.353 e. The molecule has 0 N–H and O–H groups in total. The van der Waals surface area contributed by atoms with Crippen molar-refractivity contribution in [1.82, 2.24) is 15.0 Å². The van der Waals surface area contributed by atoms with Gasteiger partial charge in [-0.3, -0.25) is 0 Å². The summed E-state index contributed by atoms with van der Waals surface area (Å²) in [4.78, 5) is 21.3. The van der Waals surface area contributed by atoms with E-state index in [-0.39, 0.29) is 5.02 Å². The predicted octanol–water partition coefficient (Wildman–Crippen LogP) is 4.95. The molecule has 2 aromatic heterocycles. The zero-order chi connectivity index (χ0) is 22.9. The molecular formula is C25H28ClFN6. The van der Waals surface area contributed by atoms with E-state index in [2.05, 4.69) is 39.6 Å². The molecule has 0 amide bonds. The van der Waals surface area contributed by atoms with Crippen LogP contribution in [0.15, 0.2) is 42.6 Å². The molecule has 2 saturated heterocycles. The zero-order valence-corrected chi connectivity index (χ0v) is 19.8. The number of nitrogens with zero attached hydrogens (tertiary/aromatic N) is 6. The van der Waals surface area contributed by atoms with Gasteiger partial charge in [0.05, 0.1) is 10.7 Å². The number of hydrogen-bond acceptors (Lipinski definition) is 6. The number of anilines is 3. The number of piperazine rings is 1. The summed E-state index contributed by atoms with van der Waals surface area (Å²) in [5.74, 6) is 2.25. The van der Waals surface area contributed by atoms with Crippen molar-refractivity contribution in [3.63, 3.8) is 0 Å². The van der Waals surface area contributed by atoms with Crippen LogP contribution in [0.2, 0.25) is 5.02 Å². The van der Waals surface area contributed by atoms with Gasteiger partial charge in [-0.15, -0.1) is 0 Å². The van der Waals surface area contributed by atoms with Crippen LogP contribution in [-0.4, -0.2) is 53.7 Å². The Labute approximate surface area is 199 Å². The number of aromatic nitrogens is 3. The maximum absolute atomic E-state index is 13.8.